The largest absolute Gasteiger partial charge is 0.402 e. The molecular weight excluding hydrogens is 326 g/mol. The molecule has 1 aromatic carbocycles. The topological polar surface area (TPSA) is 63.2 Å². The summed E-state index contributed by atoms with van der Waals surface area (Å²) in [4.78, 5) is 11.1. The van der Waals surface area contributed by atoms with Crippen LogP contribution in [0.1, 0.15) is 31.1 Å². The maximum atomic E-state index is 13.6. The van der Waals surface area contributed by atoms with E-state index >= 15 is 0 Å². The van der Waals surface area contributed by atoms with Gasteiger partial charge in [-0.15, -0.1) is 0 Å². The zero-order chi connectivity index (χ0) is 17.3. The van der Waals surface area contributed by atoms with Crippen LogP contribution in [-0.2, 0) is 10.0 Å². The van der Waals surface area contributed by atoms with Gasteiger partial charge in [-0.05, 0) is 18.2 Å². The Labute approximate surface area is 125 Å². The number of hydrogen-bond donors (Lipinski definition) is 1. The SMILES string of the molecule is CC(C)(C)C(=O)c1ccc(F)c(S(=O)(=O)NCC(F)(F)F)c1. The fourth-order valence-corrected chi connectivity index (χ4v) is 2.65. The van der Waals surface area contributed by atoms with Gasteiger partial charge in [-0.25, -0.2) is 17.5 Å². The number of carbonyl (C=O) groups excluding carboxylic acids is 1. The Kier molecular flexibility index (Phi) is 5.03. The van der Waals surface area contributed by atoms with Crippen LogP contribution in [0, 0.1) is 11.2 Å². The van der Waals surface area contributed by atoms with E-state index in [1.807, 2.05) is 0 Å². The molecule has 0 aromatic heterocycles. The summed E-state index contributed by atoms with van der Waals surface area (Å²) in [7, 11) is -4.72. The van der Waals surface area contributed by atoms with Crippen LogP contribution in [0.4, 0.5) is 17.6 Å². The number of sulfonamides is 1. The van der Waals surface area contributed by atoms with Gasteiger partial charge >= 0.3 is 6.18 Å². The molecule has 0 saturated carbocycles. The van der Waals surface area contributed by atoms with E-state index in [0.29, 0.717) is 0 Å². The number of ketones is 1. The number of carbonyl (C=O) groups is 1. The van der Waals surface area contributed by atoms with Crippen molar-refractivity contribution in [1.82, 2.24) is 4.72 Å². The van der Waals surface area contributed by atoms with Crippen molar-refractivity contribution in [2.45, 2.75) is 31.8 Å². The van der Waals surface area contributed by atoms with E-state index in [1.54, 1.807) is 20.8 Å². The molecule has 1 rings (SSSR count). The summed E-state index contributed by atoms with van der Waals surface area (Å²) < 4.78 is 74.7. The second kappa shape index (κ2) is 5.96. The maximum absolute atomic E-state index is 13.6. The monoisotopic (exact) mass is 341 g/mol. The molecule has 0 spiro atoms. The lowest BCUT2D eigenvalue weighted by molar-refractivity contribution is -0.121. The smallest absolute Gasteiger partial charge is 0.294 e. The molecule has 124 valence electrons. The molecule has 4 nitrogen and oxygen atoms in total. The van der Waals surface area contributed by atoms with E-state index in [1.165, 1.54) is 4.72 Å². The number of halogens is 4. The number of alkyl halides is 3. The van der Waals surface area contributed by atoms with E-state index < -0.39 is 44.7 Å². The summed E-state index contributed by atoms with van der Waals surface area (Å²) in [5.41, 5.74) is -0.945. The minimum atomic E-state index is -4.78. The highest BCUT2D eigenvalue weighted by Gasteiger charge is 2.32. The summed E-state index contributed by atoms with van der Waals surface area (Å²) in [5.74, 6) is -1.69. The first kappa shape index (κ1) is 18.6. The average molecular weight is 341 g/mol. The molecule has 0 amide bonds. The molecule has 0 bridgehead atoms. The van der Waals surface area contributed by atoms with Crippen LogP contribution >= 0.6 is 0 Å². The lowest BCUT2D eigenvalue weighted by Gasteiger charge is -2.17. The molecule has 0 unspecified atom stereocenters. The Morgan fingerprint density at radius 3 is 2.18 bits per heavy atom. The summed E-state index contributed by atoms with van der Waals surface area (Å²) in [5, 5.41) is 0. The van der Waals surface area contributed by atoms with E-state index in [9.17, 15) is 30.8 Å². The standard InChI is InChI=1S/C13H15F4NO3S/c1-12(2,3)11(19)8-4-5-9(14)10(6-8)22(20,21)18-7-13(15,16)17/h4-6,18H,7H2,1-3H3. The summed E-state index contributed by atoms with van der Waals surface area (Å²) in [6, 6.07) is 2.56. The van der Waals surface area contributed by atoms with Crippen molar-refractivity contribution in [3.8, 4) is 0 Å². The predicted octanol–water partition coefficient (Wildman–Crippen LogP) is 2.90. The fraction of sp³-hybridized carbons (Fsp3) is 0.462. The first-order valence-electron chi connectivity index (χ1n) is 6.15. The Bertz CT molecular complexity index is 676. The molecule has 0 aliphatic rings. The molecule has 0 aliphatic heterocycles. The van der Waals surface area contributed by atoms with Crippen molar-refractivity contribution in [2.24, 2.45) is 5.41 Å². The van der Waals surface area contributed by atoms with Gasteiger partial charge in [-0.3, -0.25) is 4.79 Å². The van der Waals surface area contributed by atoms with Gasteiger partial charge in [0.25, 0.3) is 0 Å². The van der Waals surface area contributed by atoms with Gasteiger partial charge in [-0.2, -0.15) is 13.2 Å². The van der Waals surface area contributed by atoms with Crippen LogP contribution in [0.15, 0.2) is 23.1 Å². The number of benzene rings is 1. The van der Waals surface area contributed by atoms with Crippen LogP contribution in [0.25, 0.3) is 0 Å². The third-order valence-electron chi connectivity index (χ3n) is 2.63. The van der Waals surface area contributed by atoms with Crippen molar-refractivity contribution < 1.29 is 30.8 Å². The number of rotatable bonds is 4. The van der Waals surface area contributed by atoms with Crippen molar-refractivity contribution >= 4 is 15.8 Å². The van der Waals surface area contributed by atoms with Gasteiger partial charge in [0.1, 0.15) is 17.3 Å². The van der Waals surface area contributed by atoms with E-state index in [4.69, 9.17) is 0 Å². The Balaban J connectivity index is 3.22. The molecule has 1 N–H and O–H groups in total. The van der Waals surface area contributed by atoms with Gasteiger partial charge in [0.05, 0.1) is 0 Å². The average Bonchev–Trinajstić information content (AvgIpc) is 2.34. The van der Waals surface area contributed by atoms with Gasteiger partial charge in [0.15, 0.2) is 5.78 Å². The molecule has 0 heterocycles. The van der Waals surface area contributed by atoms with Crippen LogP contribution in [0.2, 0.25) is 0 Å². The lowest BCUT2D eigenvalue weighted by atomic mass is 9.86. The van der Waals surface area contributed by atoms with Crippen LogP contribution < -0.4 is 4.72 Å². The van der Waals surface area contributed by atoms with Crippen LogP contribution in [0.3, 0.4) is 0 Å². The van der Waals surface area contributed by atoms with Crippen molar-refractivity contribution in [2.75, 3.05) is 6.54 Å². The summed E-state index contributed by atoms with van der Waals surface area (Å²) >= 11 is 0. The minimum absolute atomic E-state index is 0.0960. The Morgan fingerprint density at radius 1 is 1.18 bits per heavy atom. The summed E-state index contributed by atoms with van der Waals surface area (Å²) in [6.07, 6.45) is -4.78. The fourth-order valence-electron chi connectivity index (χ4n) is 1.54. The van der Waals surface area contributed by atoms with E-state index in [2.05, 4.69) is 0 Å². The van der Waals surface area contributed by atoms with E-state index in [-0.39, 0.29) is 5.56 Å². The Hall–Kier alpha value is -1.48. The zero-order valence-corrected chi connectivity index (χ0v) is 12.9. The van der Waals surface area contributed by atoms with Crippen LogP contribution in [0.5, 0.6) is 0 Å². The number of nitrogens with one attached hydrogen (secondary N) is 1. The second-order valence-corrected chi connectivity index (χ2v) is 7.40. The number of Topliss-reactive ketones (excluding diaryl/α,β-unsaturated/α-hetero) is 1. The van der Waals surface area contributed by atoms with Crippen molar-refractivity contribution in [3.05, 3.63) is 29.6 Å². The quantitative estimate of drug-likeness (QED) is 0.677. The first-order valence-corrected chi connectivity index (χ1v) is 7.63. The molecule has 0 fully saturated rings. The minimum Gasteiger partial charge on any atom is -0.294 e. The molecule has 0 atom stereocenters. The van der Waals surface area contributed by atoms with Crippen LogP contribution in [-0.4, -0.2) is 26.9 Å². The van der Waals surface area contributed by atoms with Gasteiger partial charge in [0, 0.05) is 11.0 Å². The first-order chi connectivity index (χ1) is 9.74. The lowest BCUT2D eigenvalue weighted by Crippen LogP contribution is -2.34. The van der Waals surface area contributed by atoms with Gasteiger partial charge < -0.3 is 0 Å². The van der Waals surface area contributed by atoms with Gasteiger partial charge in [0.2, 0.25) is 10.0 Å². The third kappa shape index (κ3) is 4.77. The molecule has 0 saturated heterocycles. The van der Waals surface area contributed by atoms with Crippen molar-refractivity contribution in [1.29, 1.82) is 0 Å². The molecule has 9 heteroatoms. The predicted molar refractivity (Wildman–Crippen MR) is 71.4 cm³/mol. The Morgan fingerprint density at radius 2 is 1.73 bits per heavy atom. The second-order valence-electron chi connectivity index (χ2n) is 5.66. The summed E-state index contributed by atoms with van der Waals surface area (Å²) in [6.45, 7) is 2.91. The van der Waals surface area contributed by atoms with E-state index in [0.717, 1.165) is 18.2 Å². The molecule has 1 aromatic rings. The van der Waals surface area contributed by atoms with Gasteiger partial charge in [-0.1, -0.05) is 20.8 Å². The molecular formula is C13H15F4NO3S. The highest BCUT2D eigenvalue weighted by molar-refractivity contribution is 7.89. The molecule has 22 heavy (non-hydrogen) atoms. The number of hydrogen-bond acceptors (Lipinski definition) is 3. The zero-order valence-electron chi connectivity index (χ0n) is 12.1. The maximum Gasteiger partial charge on any atom is 0.402 e. The highest BCUT2D eigenvalue weighted by Crippen LogP contribution is 2.24. The molecule has 0 aliphatic carbocycles. The third-order valence-corrected chi connectivity index (χ3v) is 4.04. The molecule has 0 radical (unpaired) electrons. The highest BCUT2D eigenvalue weighted by atomic mass is 32.2. The normalized spacial score (nSPS) is 13.2. The van der Waals surface area contributed by atoms with Crippen molar-refractivity contribution in [3.63, 3.8) is 0 Å².